The molecule has 1 aliphatic heterocycles. The van der Waals surface area contributed by atoms with Crippen molar-refractivity contribution in [3.63, 3.8) is 0 Å². The van der Waals surface area contributed by atoms with Crippen LogP contribution in [0, 0.1) is 0 Å². The van der Waals surface area contributed by atoms with Gasteiger partial charge in [0.05, 0.1) is 12.6 Å². The smallest absolute Gasteiger partial charge is 0.240 e. The number of aromatic nitrogens is 2. The molecule has 1 N–H and O–H groups in total. The fourth-order valence-electron chi connectivity index (χ4n) is 2.11. The predicted molar refractivity (Wildman–Crippen MR) is 56.8 cm³/mol. The molecule has 1 saturated heterocycles. The summed E-state index contributed by atoms with van der Waals surface area (Å²) >= 11 is 0. The normalized spacial score (nSPS) is 23.8. The molecule has 16 heavy (non-hydrogen) atoms. The van der Waals surface area contributed by atoms with Gasteiger partial charge < -0.3 is 9.63 Å². The molecule has 0 atom stereocenters. The van der Waals surface area contributed by atoms with Gasteiger partial charge in [-0.05, 0) is 25.7 Å². The van der Waals surface area contributed by atoms with Gasteiger partial charge in [0.2, 0.25) is 5.89 Å². The van der Waals surface area contributed by atoms with E-state index in [1.165, 1.54) is 12.8 Å². The van der Waals surface area contributed by atoms with Gasteiger partial charge in [-0.15, -0.1) is 0 Å². The Morgan fingerprint density at radius 2 is 2.00 bits per heavy atom. The number of rotatable bonds is 3. The quantitative estimate of drug-likeness (QED) is 0.825. The molecule has 1 aliphatic carbocycles. The first kappa shape index (κ1) is 10.2. The molecule has 1 aromatic rings. The van der Waals surface area contributed by atoms with Crippen molar-refractivity contribution in [1.29, 1.82) is 0 Å². The molecule has 2 fully saturated rings. The molecule has 1 saturated carbocycles. The number of hydrogen-bond acceptors (Lipinski definition) is 5. The largest absolute Gasteiger partial charge is 0.393 e. The van der Waals surface area contributed by atoms with Crippen LogP contribution >= 0.6 is 0 Å². The van der Waals surface area contributed by atoms with Crippen LogP contribution in [0.1, 0.15) is 43.3 Å². The summed E-state index contributed by atoms with van der Waals surface area (Å²) in [4.78, 5) is 6.66. The zero-order chi connectivity index (χ0) is 11.0. The minimum absolute atomic E-state index is 0.124. The highest BCUT2D eigenvalue weighted by molar-refractivity contribution is 5.03. The van der Waals surface area contributed by atoms with Gasteiger partial charge in [0.25, 0.3) is 0 Å². The van der Waals surface area contributed by atoms with E-state index in [-0.39, 0.29) is 6.10 Å². The first-order valence-electron chi connectivity index (χ1n) is 6.04. The number of aliphatic hydroxyl groups excluding tert-OH is 1. The molecular formula is C11H17N3O2. The summed E-state index contributed by atoms with van der Waals surface area (Å²) in [7, 11) is 0. The van der Waals surface area contributed by atoms with Gasteiger partial charge in [-0.3, -0.25) is 4.90 Å². The Kier molecular flexibility index (Phi) is 2.65. The van der Waals surface area contributed by atoms with Crippen LogP contribution in [0.3, 0.4) is 0 Å². The molecule has 0 spiro atoms. The Morgan fingerprint density at radius 1 is 1.25 bits per heavy atom. The van der Waals surface area contributed by atoms with Crippen molar-refractivity contribution in [2.45, 2.75) is 44.2 Å². The lowest BCUT2D eigenvalue weighted by Crippen LogP contribution is -2.35. The van der Waals surface area contributed by atoms with Crippen molar-refractivity contribution in [1.82, 2.24) is 15.0 Å². The highest BCUT2D eigenvalue weighted by Crippen LogP contribution is 2.38. The highest BCUT2D eigenvalue weighted by atomic mass is 16.5. The molecule has 1 aromatic heterocycles. The number of nitrogens with zero attached hydrogens (tertiary/aromatic N) is 3. The number of likely N-dealkylation sites (tertiary alicyclic amines) is 1. The molecule has 0 bridgehead atoms. The molecule has 88 valence electrons. The van der Waals surface area contributed by atoms with Gasteiger partial charge in [0, 0.05) is 19.0 Å². The maximum Gasteiger partial charge on any atom is 0.240 e. The summed E-state index contributed by atoms with van der Waals surface area (Å²) in [5.74, 6) is 2.16. The molecule has 2 aliphatic rings. The van der Waals surface area contributed by atoms with Gasteiger partial charge in [0.1, 0.15) is 0 Å². The van der Waals surface area contributed by atoms with Gasteiger partial charge in [0.15, 0.2) is 5.82 Å². The minimum Gasteiger partial charge on any atom is -0.393 e. The maximum absolute atomic E-state index is 9.40. The molecule has 5 nitrogen and oxygen atoms in total. The average Bonchev–Trinajstić information content (AvgIpc) is 3.04. The fourth-order valence-corrected chi connectivity index (χ4v) is 2.11. The van der Waals surface area contributed by atoms with Crippen molar-refractivity contribution in [3.8, 4) is 0 Å². The molecule has 5 heteroatoms. The van der Waals surface area contributed by atoms with E-state index in [0.29, 0.717) is 5.92 Å². The van der Waals surface area contributed by atoms with E-state index in [1.807, 2.05) is 0 Å². The van der Waals surface area contributed by atoms with Crippen LogP contribution in [-0.2, 0) is 6.54 Å². The van der Waals surface area contributed by atoms with Gasteiger partial charge in [-0.25, -0.2) is 0 Å². The molecule has 3 rings (SSSR count). The summed E-state index contributed by atoms with van der Waals surface area (Å²) in [5.41, 5.74) is 0. The summed E-state index contributed by atoms with van der Waals surface area (Å²) < 4.78 is 5.23. The molecule has 2 heterocycles. The Bertz CT molecular complexity index is 354. The van der Waals surface area contributed by atoms with E-state index in [2.05, 4.69) is 15.0 Å². The third-order valence-electron chi connectivity index (χ3n) is 3.34. The van der Waals surface area contributed by atoms with Crippen molar-refractivity contribution >= 4 is 0 Å². The third kappa shape index (κ3) is 2.25. The molecular weight excluding hydrogens is 206 g/mol. The van der Waals surface area contributed by atoms with Crippen LogP contribution in [0.2, 0.25) is 0 Å². The van der Waals surface area contributed by atoms with E-state index in [0.717, 1.165) is 44.2 Å². The van der Waals surface area contributed by atoms with Crippen LogP contribution in [0.15, 0.2) is 4.52 Å². The number of aliphatic hydroxyl groups is 1. The summed E-state index contributed by atoms with van der Waals surface area (Å²) in [6.45, 7) is 2.57. The Morgan fingerprint density at radius 3 is 2.69 bits per heavy atom. The van der Waals surface area contributed by atoms with E-state index < -0.39 is 0 Å². The number of piperidine rings is 1. The van der Waals surface area contributed by atoms with Gasteiger partial charge in [-0.2, -0.15) is 4.98 Å². The predicted octanol–water partition coefficient (Wildman–Crippen LogP) is 0.904. The van der Waals surface area contributed by atoms with Crippen molar-refractivity contribution in [2.24, 2.45) is 0 Å². The summed E-state index contributed by atoms with van der Waals surface area (Å²) in [6, 6.07) is 0. The first-order valence-corrected chi connectivity index (χ1v) is 6.04. The summed E-state index contributed by atoms with van der Waals surface area (Å²) in [5, 5.41) is 13.4. The zero-order valence-corrected chi connectivity index (χ0v) is 9.30. The number of hydrogen-bond donors (Lipinski definition) is 1. The lowest BCUT2D eigenvalue weighted by molar-refractivity contribution is 0.0740. The second-order valence-corrected chi connectivity index (χ2v) is 4.83. The standard InChI is InChI=1S/C11H17N3O2/c15-9-3-5-14(6-4-9)7-10-12-11(13-16-10)8-1-2-8/h8-9,15H,1-7H2. The monoisotopic (exact) mass is 223 g/mol. The van der Waals surface area contributed by atoms with E-state index in [1.54, 1.807) is 0 Å². The highest BCUT2D eigenvalue weighted by Gasteiger charge is 2.29. The van der Waals surface area contributed by atoms with Crippen LogP contribution in [0.25, 0.3) is 0 Å². The molecule has 0 unspecified atom stereocenters. The van der Waals surface area contributed by atoms with Gasteiger partial charge >= 0.3 is 0 Å². The van der Waals surface area contributed by atoms with Crippen molar-refractivity contribution in [3.05, 3.63) is 11.7 Å². The van der Waals surface area contributed by atoms with Crippen LogP contribution in [-0.4, -0.2) is 39.3 Å². The maximum atomic E-state index is 9.40. The lowest BCUT2D eigenvalue weighted by Gasteiger charge is -2.27. The van der Waals surface area contributed by atoms with Gasteiger partial charge in [-0.1, -0.05) is 5.16 Å². The third-order valence-corrected chi connectivity index (χ3v) is 3.34. The van der Waals surface area contributed by atoms with Crippen LogP contribution in [0.5, 0.6) is 0 Å². The SMILES string of the molecule is OC1CCN(Cc2nc(C3CC3)no2)CC1. The second kappa shape index (κ2) is 4.14. The van der Waals surface area contributed by atoms with Crippen LogP contribution in [0.4, 0.5) is 0 Å². The second-order valence-electron chi connectivity index (χ2n) is 4.83. The average molecular weight is 223 g/mol. The van der Waals surface area contributed by atoms with Crippen LogP contribution < -0.4 is 0 Å². The van der Waals surface area contributed by atoms with Crippen molar-refractivity contribution < 1.29 is 9.63 Å². The van der Waals surface area contributed by atoms with E-state index in [4.69, 9.17) is 4.52 Å². The van der Waals surface area contributed by atoms with E-state index in [9.17, 15) is 5.11 Å². The lowest BCUT2D eigenvalue weighted by atomic mass is 10.1. The fraction of sp³-hybridized carbons (Fsp3) is 0.818. The first-order chi connectivity index (χ1) is 7.81. The molecule has 0 amide bonds. The topological polar surface area (TPSA) is 62.4 Å². The Labute approximate surface area is 94.4 Å². The Hall–Kier alpha value is -0.940. The zero-order valence-electron chi connectivity index (χ0n) is 9.30. The molecule has 0 aromatic carbocycles. The minimum atomic E-state index is -0.124. The van der Waals surface area contributed by atoms with Crippen molar-refractivity contribution in [2.75, 3.05) is 13.1 Å². The molecule has 0 radical (unpaired) electrons. The summed E-state index contributed by atoms with van der Waals surface area (Å²) in [6.07, 6.45) is 3.98. The van der Waals surface area contributed by atoms with E-state index >= 15 is 0 Å². The Balaban J connectivity index is 1.56.